The van der Waals surface area contributed by atoms with Crippen LogP contribution in [0.15, 0.2) is 261 Å². The van der Waals surface area contributed by atoms with Crippen molar-refractivity contribution in [1.82, 2.24) is 33.2 Å². The van der Waals surface area contributed by atoms with Crippen molar-refractivity contribution in [2.24, 2.45) is 0 Å². The Labute approximate surface area is 436 Å². The van der Waals surface area contributed by atoms with Crippen LogP contribution in [0.25, 0.3) is 144 Å². The highest BCUT2D eigenvalue weighted by Gasteiger charge is 2.25. The fraction of sp³-hybridized carbons (Fsp3) is 0. The van der Waals surface area contributed by atoms with Gasteiger partial charge in [-0.2, -0.15) is 9.97 Å². The van der Waals surface area contributed by atoms with Gasteiger partial charge >= 0.3 is 0 Å². The van der Waals surface area contributed by atoms with E-state index in [1.165, 1.54) is 32.6 Å². The van der Waals surface area contributed by atoms with Gasteiger partial charge in [-0.15, -0.1) is 0 Å². The molecule has 76 heavy (non-hydrogen) atoms. The van der Waals surface area contributed by atoms with E-state index in [-0.39, 0.29) is 0 Å². The van der Waals surface area contributed by atoms with Crippen LogP contribution in [0, 0.1) is 0 Å². The van der Waals surface area contributed by atoms with Crippen LogP contribution in [0.2, 0.25) is 0 Å². The zero-order valence-corrected chi connectivity index (χ0v) is 41.0. The van der Waals surface area contributed by atoms with Gasteiger partial charge in [0.2, 0.25) is 5.95 Å². The summed E-state index contributed by atoms with van der Waals surface area (Å²) in [6.07, 6.45) is 0. The van der Waals surface area contributed by atoms with E-state index >= 15 is 0 Å². The Morgan fingerprint density at radius 3 is 1.17 bits per heavy atom. The summed E-state index contributed by atoms with van der Waals surface area (Å²) in [4.78, 5) is 16.2. The van der Waals surface area contributed by atoms with Crippen LogP contribution in [-0.2, 0) is 0 Å². The smallest absolute Gasteiger partial charge is 0.238 e. The summed E-state index contributed by atoms with van der Waals surface area (Å²) in [5.41, 5.74) is 16.2. The lowest BCUT2D eigenvalue weighted by Gasteiger charge is -2.14. The summed E-state index contributed by atoms with van der Waals surface area (Å²) in [6.45, 7) is 0. The van der Waals surface area contributed by atoms with Crippen molar-refractivity contribution in [3.05, 3.63) is 261 Å². The highest BCUT2D eigenvalue weighted by molar-refractivity contribution is 6.24. The highest BCUT2D eigenvalue weighted by Crippen LogP contribution is 2.44. The van der Waals surface area contributed by atoms with Gasteiger partial charge in [-0.25, -0.2) is 4.98 Å². The topological polar surface area (TPSA) is 58.4 Å². The number of hydrogen-bond donors (Lipinski definition) is 0. The average molecular weight is 970 g/mol. The zero-order chi connectivity index (χ0) is 49.8. The molecule has 0 saturated heterocycles. The number of rotatable bonds is 7. The fourth-order valence-corrected chi connectivity index (χ4v) is 12.1. The summed E-state index contributed by atoms with van der Waals surface area (Å²) in [7, 11) is 0. The predicted molar refractivity (Wildman–Crippen MR) is 313 cm³/mol. The molecule has 0 fully saturated rings. The summed E-state index contributed by atoms with van der Waals surface area (Å²) in [5.74, 6) is 1.72. The summed E-state index contributed by atoms with van der Waals surface area (Å²) in [5, 5.41) is 9.39. The second-order valence-corrected chi connectivity index (χ2v) is 19.6. The van der Waals surface area contributed by atoms with Crippen LogP contribution in [0.5, 0.6) is 0 Å². The van der Waals surface area contributed by atoms with Crippen LogP contribution in [-0.4, -0.2) is 33.2 Å². The maximum Gasteiger partial charge on any atom is 0.238 e. The molecular weight excluding hydrogens is 927 g/mol. The Hall–Kier alpha value is -10.4. The lowest BCUT2D eigenvalue weighted by atomic mass is 10.1. The first-order valence-electron chi connectivity index (χ1n) is 25.8. The molecule has 7 nitrogen and oxygen atoms in total. The molecule has 5 heterocycles. The van der Waals surface area contributed by atoms with Gasteiger partial charge in [0, 0.05) is 71.3 Å². The van der Waals surface area contributed by atoms with E-state index < -0.39 is 0 Å². The second-order valence-electron chi connectivity index (χ2n) is 19.6. The first-order valence-corrected chi connectivity index (χ1v) is 25.8. The minimum atomic E-state index is 0.537. The number of fused-ring (bicyclic) bond motifs is 13. The first kappa shape index (κ1) is 42.2. The van der Waals surface area contributed by atoms with Crippen LogP contribution < -0.4 is 0 Å². The molecule has 0 aliphatic heterocycles. The first-order chi connectivity index (χ1) is 37.7. The van der Waals surface area contributed by atoms with Crippen molar-refractivity contribution in [3.8, 4) is 56.9 Å². The van der Waals surface area contributed by atoms with Gasteiger partial charge in [-0.05, 0) is 96.1 Å². The minimum absolute atomic E-state index is 0.537. The Balaban J connectivity index is 0.973. The van der Waals surface area contributed by atoms with Crippen molar-refractivity contribution >= 4 is 87.2 Å². The van der Waals surface area contributed by atoms with Crippen molar-refractivity contribution in [1.29, 1.82) is 0 Å². The maximum absolute atomic E-state index is 5.51. The number of benzene rings is 11. The molecule has 16 aromatic rings. The molecule has 7 heteroatoms. The van der Waals surface area contributed by atoms with Gasteiger partial charge in [0.1, 0.15) is 0 Å². The molecule has 0 aliphatic rings. The lowest BCUT2D eigenvalue weighted by molar-refractivity contribution is 0.953. The number of nitrogens with zero attached hydrogens (tertiary/aromatic N) is 7. The van der Waals surface area contributed by atoms with Crippen molar-refractivity contribution < 1.29 is 0 Å². The van der Waals surface area contributed by atoms with E-state index in [9.17, 15) is 0 Å². The van der Waals surface area contributed by atoms with Crippen LogP contribution >= 0.6 is 0 Å². The Morgan fingerprint density at radius 1 is 0.211 bits per heavy atom. The van der Waals surface area contributed by atoms with Crippen LogP contribution in [0.3, 0.4) is 0 Å². The molecule has 0 atom stereocenters. The van der Waals surface area contributed by atoms with E-state index in [1.807, 2.05) is 18.2 Å². The third kappa shape index (κ3) is 6.33. The van der Waals surface area contributed by atoms with E-state index in [1.54, 1.807) is 0 Å². The third-order valence-corrected chi connectivity index (χ3v) is 15.4. The number of hydrogen-bond acceptors (Lipinski definition) is 3. The Kier molecular flexibility index (Phi) is 9.20. The summed E-state index contributed by atoms with van der Waals surface area (Å²) < 4.78 is 9.48. The molecule has 0 saturated carbocycles. The summed E-state index contributed by atoms with van der Waals surface area (Å²) in [6, 6.07) is 93.4. The largest absolute Gasteiger partial charge is 0.309 e. The molecular formula is C69H43N7. The Morgan fingerprint density at radius 2 is 0.605 bits per heavy atom. The monoisotopic (exact) mass is 969 g/mol. The minimum Gasteiger partial charge on any atom is -0.309 e. The van der Waals surface area contributed by atoms with E-state index in [0.29, 0.717) is 17.6 Å². The average Bonchev–Trinajstić information content (AvgIpc) is 4.26. The van der Waals surface area contributed by atoms with Crippen molar-refractivity contribution in [2.45, 2.75) is 0 Å². The van der Waals surface area contributed by atoms with Gasteiger partial charge in [-0.3, -0.25) is 4.57 Å². The Bertz CT molecular complexity index is 4870. The molecule has 0 aliphatic carbocycles. The van der Waals surface area contributed by atoms with Gasteiger partial charge in [0.15, 0.2) is 11.6 Å². The number of para-hydroxylation sites is 5. The van der Waals surface area contributed by atoms with Gasteiger partial charge in [0.25, 0.3) is 0 Å². The normalized spacial score (nSPS) is 11.9. The van der Waals surface area contributed by atoms with Crippen LogP contribution in [0.4, 0.5) is 0 Å². The molecule has 0 N–H and O–H groups in total. The predicted octanol–water partition coefficient (Wildman–Crippen LogP) is 17.3. The SMILES string of the molecule is c1ccc(-c2cccc(-n3c4ccc(-n5c6ccccc6c6ccccc65)cc4c4ccc5c6ccccc6n(-c6nc(-c7ccccc7)nc(-c7ccc(-n8c9ccccc9c9ccccc98)cc7)n6)c5c43)c2)cc1. The zero-order valence-electron chi connectivity index (χ0n) is 41.0. The molecule has 16 rings (SSSR count). The highest BCUT2D eigenvalue weighted by atomic mass is 15.2. The molecule has 0 amide bonds. The van der Waals surface area contributed by atoms with E-state index in [0.717, 1.165) is 94.0 Å². The van der Waals surface area contributed by atoms with Crippen molar-refractivity contribution in [3.63, 3.8) is 0 Å². The second kappa shape index (κ2) is 16.6. The molecule has 0 bridgehead atoms. The van der Waals surface area contributed by atoms with Gasteiger partial charge < -0.3 is 13.7 Å². The lowest BCUT2D eigenvalue weighted by Crippen LogP contribution is -2.07. The quantitative estimate of drug-likeness (QED) is 0.160. The van der Waals surface area contributed by atoms with E-state index in [4.69, 9.17) is 15.0 Å². The fourth-order valence-electron chi connectivity index (χ4n) is 12.1. The van der Waals surface area contributed by atoms with Crippen molar-refractivity contribution in [2.75, 3.05) is 0 Å². The van der Waals surface area contributed by atoms with Gasteiger partial charge in [-0.1, -0.05) is 176 Å². The summed E-state index contributed by atoms with van der Waals surface area (Å²) >= 11 is 0. The standard InChI is InChI=1S/C69H43N7/c1-3-18-44(19-4-1)47-22-17-23-49(42-47)75-64-41-38-50(74-61-31-14-9-26-53(61)54-27-10-15-32-62(54)74)43-58(64)57-40-39-56-55-28-11-16-33-63(55)76(66(56)65(57)75)69-71-67(45-20-5-2-6-21-45)70-68(72-69)46-34-36-48(37-35-46)73-59-29-12-7-24-51(59)52-25-8-13-30-60(52)73/h1-43H. The van der Waals surface area contributed by atoms with Gasteiger partial charge in [0.05, 0.1) is 44.1 Å². The molecule has 11 aromatic carbocycles. The molecule has 0 unspecified atom stereocenters. The molecule has 5 aromatic heterocycles. The van der Waals surface area contributed by atoms with E-state index in [2.05, 4.69) is 261 Å². The molecule has 354 valence electrons. The third-order valence-electron chi connectivity index (χ3n) is 15.4. The maximum atomic E-state index is 5.51. The molecule has 0 spiro atoms. The number of aromatic nitrogens is 7. The van der Waals surface area contributed by atoms with Crippen LogP contribution in [0.1, 0.15) is 0 Å². The molecule has 0 radical (unpaired) electrons.